The predicted molar refractivity (Wildman–Crippen MR) is 137 cm³/mol. The van der Waals surface area contributed by atoms with E-state index in [1.165, 1.54) is 27.7 Å². The van der Waals surface area contributed by atoms with Crippen molar-refractivity contribution in [3.05, 3.63) is 77.3 Å². The van der Waals surface area contributed by atoms with Crippen LogP contribution in [0.4, 0.5) is 0 Å². The smallest absolute Gasteiger partial charge is 0.226 e. The van der Waals surface area contributed by atoms with E-state index in [-0.39, 0.29) is 24.0 Å². The van der Waals surface area contributed by atoms with Crippen molar-refractivity contribution >= 4 is 40.8 Å². The maximum atomic E-state index is 5.63. The van der Waals surface area contributed by atoms with Crippen LogP contribution in [0.15, 0.2) is 64.2 Å². The number of guanidine groups is 1. The molecule has 2 aromatic heterocycles. The van der Waals surface area contributed by atoms with Crippen molar-refractivity contribution in [3.63, 3.8) is 0 Å². The number of nitrogens with one attached hydrogen (secondary N) is 3. The lowest BCUT2D eigenvalue weighted by Gasteiger charge is -2.11. The number of benzene rings is 2. The quantitative estimate of drug-likeness (QED) is 0.187. The van der Waals surface area contributed by atoms with Crippen LogP contribution in [0.2, 0.25) is 0 Å². The van der Waals surface area contributed by atoms with E-state index in [9.17, 15) is 0 Å². The van der Waals surface area contributed by atoms with E-state index in [1.54, 1.807) is 13.3 Å². The second kappa shape index (κ2) is 10.5. The van der Waals surface area contributed by atoms with E-state index in [2.05, 4.69) is 75.8 Å². The van der Waals surface area contributed by atoms with Crippen LogP contribution in [0.1, 0.15) is 22.5 Å². The van der Waals surface area contributed by atoms with Crippen LogP contribution in [0, 0.1) is 13.8 Å². The Morgan fingerprint density at radius 1 is 1.06 bits per heavy atom. The number of hydrogen-bond acceptors (Lipinski definition) is 3. The van der Waals surface area contributed by atoms with Gasteiger partial charge in [-0.25, -0.2) is 4.98 Å². The zero-order valence-electron chi connectivity index (χ0n) is 18.0. The fourth-order valence-electron chi connectivity index (χ4n) is 3.57. The molecule has 0 saturated carbocycles. The Kier molecular flexibility index (Phi) is 7.73. The summed E-state index contributed by atoms with van der Waals surface area (Å²) in [6, 6.07) is 16.6. The lowest BCUT2D eigenvalue weighted by atomic mass is 10.1. The minimum atomic E-state index is 0. The number of rotatable bonds is 6. The van der Waals surface area contributed by atoms with Gasteiger partial charge in [0, 0.05) is 35.8 Å². The van der Waals surface area contributed by atoms with Crippen LogP contribution in [0.5, 0.6) is 0 Å². The van der Waals surface area contributed by atoms with Gasteiger partial charge in [0.05, 0.1) is 12.2 Å². The number of oxazole rings is 1. The highest BCUT2D eigenvalue weighted by atomic mass is 127. The molecule has 0 aliphatic heterocycles. The highest BCUT2D eigenvalue weighted by Crippen LogP contribution is 2.22. The number of fused-ring (bicyclic) bond motifs is 1. The molecular formula is C24H28IN5O. The molecule has 0 aliphatic carbocycles. The summed E-state index contributed by atoms with van der Waals surface area (Å²) in [7, 11) is 1.77. The van der Waals surface area contributed by atoms with Crippen molar-refractivity contribution in [2.45, 2.75) is 26.8 Å². The number of aromatic amines is 1. The molecule has 0 atom stereocenters. The summed E-state index contributed by atoms with van der Waals surface area (Å²) >= 11 is 0. The summed E-state index contributed by atoms with van der Waals surface area (Å²) < 4.78 is 5.63. The number of H-pyrrole nitrogens is 1. The zero-order valence-corrected chi connectivity index (χ0v) is 20.4. The monoisotopic (exact) mass is 529 g/mol. The highest BCUT2D eigenvalue weighted by Gasteiger charge is 2.09. The van der Waals surface area contributed by atoms with Crippen LogP contribution < -0.4 is 10.6 Å². The summed E-state index contributed by atoms with van der Waals surface area (Å²) in [6.45, 7) is 5.52. The van der Waals surface area contributed by atoms with Gasteiger partial charge in [0.1, 0.15) is 6.26 Å². The molecule has 2 aromatic carbocycles. The van der Waals surface area contributed by atoms with Crippen molar-refractivity contribution in [1.82, 2.24) is 20.6 Å². The van der Waals surface area contributed by atoms with Gasteiger partial charge in [-0.1, -0.05) is 35.9 Å². The molecule has 7 heteroatoms. The summed E-state index contributed by atoms with van der Waals surface area (Å²) in [5.74, 6) is 1.37. The first-order valence-corrected chi connectivity index (χ1v) is 10.2. The van der Waals surface area contributed by atoms with Crippen LogP contribution in [0.25, 0.3) is 22.4 Å². The minimum Gasteiger partial charge on any atom is -0.444 e. The van der Waals surface area contributed by atoms with Crippen LogP contribution in [-0.2, 0) is 13.0 Å². The minimum absolute atomic E-state index is 0. The second-order valence-electron chi connectivity index (χ2n) is 7.39. The number of para-hydroxylation sites is 1. The summed E-state index contributed by atoms with van der Waals surface area (Å²) in [5.41, 5.74) is 6.76. The molecule has 31 heavy (non-hydrogen) atoms. The highest BCUT2D eigenvalue weighted by molar-refractivity contribution is 14.0. The molecule has 0 saturated heterocycles. The van der Waals surface area contributed by atoms with E-state index in [0.29, 0.717) is 12.4 Å². The molecule has 162 valence electrons. The topological polar surface area (TPSA) is 78.2 Å². The van der Waals surface area contributed by atoms with Gasteiger partial charge in [-0.05, 0) is 44.0 Å². The average Bonchev–Trinajstić information content (AvgIpc) is 3.35. The number of aryl methyl sites for hydroxylation is 2. The van der Waals surface area contributed by atoms with Gasteiger partial charge in [-0.3, -0.25) is 4.99 Å². The normalized spacial score (nSPS) is 11.4. The molecule has 0 unspecified atom stereocenters. The Morgan fingerprint density at radius 2 is 1.84 bits per heavy atom. The number of aromatic nitrogens is 2. The Labute approximate surface area is 199 Å². The Bertz CT molecular complexity index is 1160. The molecule has 0 radical (unpaired) electrons. The zero-order chi connectivity index (χ0) is 20.9. The van der Waals surface area contributed by atoms with Crippen molar-refractivity contribution in [3.8, 4) is 11.5 Å². The van der Waals surface area contributed by atoms with E-state index in [1.807, 2.05) is 12.1 Å². The molecule has 3 N–H and O–H groups in total. The first-order chi connectivity index (χ1) is 14.6. The third kappa shape index (κ3) is 5.46. The molecular weight excluding hydrogens is 501 g/mol. The standard InChI is InChI=1S/C24H27N5O.HI/c1-16-8-10-18(11-9-16)23-29-19(15-30-23)14-27-24(25-3)26-13-12-20-17(2)28-22-7-5-4-6-21(20)22;/h4-11,15,28H,12-14H2,1-3H3,(H2,25,26,27);1H. The molecule has 0 bridgehead atoms. The number of nitrogens with zero attached hydrogens (tertiary/aromatic N) is 2. The van der Waals surface area contributed by atoms with E-state index >= 15 is 0 Å². The van der Waals surface area contributed by atoms with Crippen molar-refractivity contribution in [2.75, 3.05) is 13.6 Å². The third-order valence-corrected chi connectivity index (χ3v) is 5.21. The Morgan fingerprint density at radius 3 is 2.61 bits per heavy atom. The van der Waals surface area contributed by atoms with Gasteiger partial charge < -0.3 is 20.0 Å². The first-order valence-electron chi connectivity index (χ1n) is 10.2. The average molecular weight is 529 g/mol. The third-order valence-electron chi connectivity index (χ3n) is 5.21. The predicted octanol–water partition coefficient (Wildman–Crippen LogP) is 4.97. The van der Waals surface area contributed by atoms with Gasteiger partial charge in [0.2, 0.25) is 5.89 Å². The summed E-state index contributed by atoms with van der Waals surface area (Å²) in [6.07, 6.45) is 2.60. The van der Waals surface area contributed by atoms with Gasteiger partial charge in [-0.15, -0.1) is 24.0 Å². The van der Waals surface area contributed by atoms with Gasteiger partial charge >= 0.3 is 0 Å². The SMILES string of the molecule is CN=C(NCCc1c(C)[nH]c2ccccc12)NCc1coc(-c2ccc(C)cc2)n1.I. The largest absolute Gasteiger partial charge is 0.444 e. The van der Waals surface area contributed by atoms with Crippen LogP contribution in [0.3, 0.4) is 0 Å². The Balaban J connectivity index is 0.00000272. The van der Waals surface area contributed by atoms with Gasteiger partial charge in [0.25, 0.3) is 0 Å². The Hall–Kier alpha value is -2.81. The van der Waals surface area contributed by atoms with Crippen molar-refractivity contribution in [2.24, 2.45) is 4.99 Å². The molecule has 6 nitrogen and oxygen atoms in total. The maximum absolute atomic E-state index is 5.63. The second-order valence-corrected chi connectivity index (χ2v) is 7.39. The van der Waals surface area contributed by atoms with E-state index in [0.717, 1.165) is 30.2 Å². The van der Waals surface area contributed by atoms with Gasteiger partial charge in [0.15, 0.2) is 5.96 Å². The fraction of sp³-hybridized carbons (Fsp3) is 0.250. The number of aliphatic imine (C=N–C) groups is 1. The summed E-state index contributed by atoms with van der Waals surface area (Å²) in [4.78, 5) is 12.3. The number of halogens is 1. The molecule has 0 spiro atoms. The lowest BCUT2D eigenvalue weighted by molar-refractivity contribution is 0.572. The molecule has 4 rings (SSSR count). The molecule has 0 aliphatic rings. The van der Waals surface area contributed by atoms with Crippen molar-refractivity contribution in [1.29, 1.82) is 0 Å². The number of hydrogen-bond donors (Lipinski definition) is 3. The summed E-state index contributed by atoms with van der Waals surface area (Å²) in [5, 5.41) is 7.96. The fourth-order valence-corrected chi connectivity index (χ4v) is 3.57. The van der Waals surface area contributed by atoms with Crippen LogP contribution >= 0.6 is 24.0 Å². The molecule has 0 amide bonds. The van der Waals surface area contributed by atoms with E-state index in [4.69, 9.17) is 4.42 Å². The lowest BCUT2D eigenvalue weighted by Crippen LogP contribution is -2.38. The molecule has 2 heterocycles. The molecule has 4 aromatic rings. The maximum Gasteiger partial charge on any atom is 0.226 e. The molecule has 0 fully saturated rings. The van der Waals surface area contributed by atoms with E-state index < -0.39 is 0 Å². The first kappa shape index (κ1) is 22.9. The van der Waals surface area contributed by atoms with Crippen LogP contribution in [-0.4, -0.2) is 29.5 Å². The van der Waals surface area contributed by atoms with Crippen molar-refractivity contribution < 1.29 is 4.42 Å². The van der Waals surface area contributed by atoms with Gasteiger partial charge in [-0.2, -0.15) is 0 Å².